The second-order valence-electron chi connectivity index (χ2n) is 7.80. The van der Waals surface area contributed by atoms with E-state index in [-0.39, 0.29) is 0 Å². The van der Waals surface area contributed by atoms with Gasteiger partial charge in [0.25, 0.3) is 0 Å². The van der Waals surface area contributed by atoms with Crippen LogP contribution < -0.4 is 4.74 Å². The number of ether oxygens (including phenoxy) is 1. The summed E-state index contributed by atoms with van der Waals surface area (Å²) in [6.07, 6.45) is 2.73. The molecule has 0 fully saturated rings. The average molecular weight is 396 g/mol. The van der Waals surface area contributed by atoms with Crippen LogP contribution in [0.1, 0.15) is 28.4 Å². The quantitative estimate of drug-likeness (QED) is 0.543. The summed E-state index contributed by atoms with van der Waals surface area (Å²) in [6.45, 7) is 3.17. The molecule has 3 aromatic carbocycles. The van der Waals surface area contributed by atoms with Crippen molar-refractivity contribution in [1.29, 1.82) is 0 Å². The molecule has 1 N–H and O–H groups in total. The van der Waals surface area contributed by atoms with Gasteiger partial charge in [-0.1, -0.05) is 48.5 Å². The number of benzene rings is 3. The number of pyridine rings is 1. The molecule has 4 aromatic rings. The molecule has 4 nitrogen and oxygen atoms in total. The highest BCUT2D eigenvalue weighted by Gasteiger charge is 2.19. The van der Waals surface area contributed by atoms with Crippen molar-refractivity contribution in [2.24, 2.45) is 0 Å². The second-order valence-corrected chi connectivity index (χ2v) is 7.80. The number of hydrogen-bond acceptors (Lipinski definition) is 4. The van der Waals surface area contributed by atoms with Crippen molar-refractivity contribution < 1.29 is 9.84 Å². The highest BCUT2D eigenvalue weighted by molar-refractivity contribution is 5.82. The molecule has 0 aliphatic carbocycles. The molecule has 0 amide bonds. The van der Waals surface area contributed by atoms with Crippen LogP contribution in [0.5, 0.6) is 5.75 Å². The van der Waals surface area contributed by atoms with Crippen LogP contribution in [0.3, 0.4) is 0 Å². The Morgan fingerprint density at radius 1 is 0.933 bits per heavy atom. The molecular formula is C26H24N2O2. The number of hydrogen-bond donors (Lipinski definition) is 1. The fourth-order valence-corrected chi connectivity index (χ4v) is 4.10. The van der Waals surface area contributed by atoms with Crippen LogP contribution in [0.15, 0.2) is 85.2 Å². The zero-order chi connectivity index (χ0) is 20.3. The third-order valence-electron chi connectivity index (χ3n) is 5.68. The number of rotatable bonds is 4. The number of fused-ring (bicyclic) bond motifs is 2. The van der Waals surface area contributed by atoms with Crippen LogP contribution in [0.2, 0.25) is 0 Å². The van der Waals surface area contributed by atoms with Gasteiger partial charge in [-0.3, -0.25) is 9.88 Å². The van der Waals surface area contributed by atoms with Gasteiger partial charge in [-0.05, 0) is 46.2 Å². The van der Waals surface area contributed by atoms with Gasteiger partial charge < -0.3 is 9.84 Å². The molecular weight excluding hydrogens is 372 g/mol. The molecule has 5 rings (SSSR count). The van der Waals surface area contributed by atoms with E-state index in [2.05, 4.69) is 58.4 Å². The molecule has 30 heavy (non-hydrogen) atoms. The van der Waals surface area contributed by atoms with Crippen LogP contribution >= 0.6 is 0 Å². The zero-order valence-corrected chi connectivity index (χ0v) is 16.7. The Labute approximate surface area is 176 Å². The molecule has 0 spiro atoms. The molecule has 0 bridgehead atoms. The number of nitrogens with zero attached hydrogens (tertiary/aromatic N) is 2. The van der Waals surface area contributed by atoms with Crippen LogP contribution in [0, 0.1) is 0 Å². The maximum absolute atomic E-state index is 10.8. The molecule has 1 aliphatic heterocycles. The summed E-state index contributed by atoms with van der Waals surface area (Å²) in [5.74, 6) is 0.901. The van der Waals surface area contributed by atoms with Gasteiger partial charge in [-0.15, -0.1) is 0 Å². The first-order chi connectivity index (χ1) is 14.8. The van der Waals surface area contributed by atoms with Crippen LogP contribution in [-0.2, 0) is 13.1 Å². The van der Waals surface area contributed by atoms with Crippen molar-refractivity contribution in [3.8, 4) is 5.75 Å². The lowest BCUT2D eigenvalue weighted by atomic mass is 10.00. The maximum Gasteiger partial charge on any atom is 0.123 e. The highest BCUT2D eigenvalue weighted by Crippen LogP contribution is 2.30. The Hall–Kier alpha value is -3.21. The number of aliphatic hydroxyl groups excluding tert-OH is 1. The Morgan fingerprint density at radius 2 is 1.83 bits per heavy atom. The van der Waals surface area contributed by atoms with Gasteiger partial charge in [-0.25, -0.2) is 0 Å². The van der Waals surface area contributed by atoms with Gasteiger partial charge in [0.05, 0.1) is 0 Å². The number of aliphatic hydroxyl groups is 1. The minimum absolute atomic E-state index is 0.658. The fourth-order valence-electron chi connectivity index (χ4n) is 4.10. The fraction of sp³-hybridized carbons (Fsp3) is 0.192. The van der Waals surface area contributed by atoms with E-state index in [0.717, 1.165) is 42.1 Å². The minimum Gasteiger partial charge on any atom is -0.492 e. The Bertz CT molecular complexity index is 1160. The summed E-state index contributed by atoms with van der Waals surface area (Å²) in [7, 11) is 0. The van der Waals surface area contributed by atoms with E-state index >= 15 is 0 Å². The summed E-state index contributed by atoms with van der Waals surface area (Å²) < 4.78 is 5.99. The molecule has 150 valence electrons. The summed E-state index contributed by atoms with van der Waals surface area (Å²) >= 11 is 0. The predicted molar refractivity (Wildman–Crippen MR) is 118 cm³/mol. The Kier molecular flexibility index (Phi) is 5.18. The van der Waals surface area contributed by atoms with Crippen molar-refractivity contribution in [2.75, 3.05) is 13.2 Å². The lowest BCUT2D eigenvalue weighted by Gasteiger charge is -2.20. The smallest absolute Gasteiger partial charge is 0.123 e. The SMILES string of the molecule is O[C@H](c1cccnc1)c1ccc2c(c1)CN(Cc1ccc3ccccc3c1)CCO2. The van der Waals surface area contributed by atoms with Crippen LogP contribution in [-0.4, -0.2) is 28.1 Å². The first-order valence-corrected chi connectivity index (χ1v) is 10.3. The van der Waals surface area contributed by atoms with Crippen molar-refractivity contribution in [1.82, 2.24) is 9.88 Å². The van der Waals surface area contributed by atoms with Gasteiger partial charge in [0.15, 0.2) is 0 Å². The Morgan fingerprint density at radius 3 is 2.70 bits per heavy atom. The van der Waals surface area contributed by atoms with Crippen LogP contribution in [0.25, 0.3) is 10.8 Å². The predicted octanol–water partition coefficient (Wildman–Crippen LogP) is 4.71. The maximum atomic E-state index is 10.8. The third-order valence-corrected chi connectivity index (χ3v) is 5.68. The van der Waals surface area contributed by atoms with E-state index in [1.165, 1.54) is 16.3 Å². The average Bonchev–Trinajstić information content (AvgIpc) is 3.00. The van der Waals surface area contributed by atoms with E-state index in [4.69, 9.17) is 4.74 Å². The van der Waals surface area contributed by atoms with Gasteiger partial charge in [0, 0.05) is 43.2 Å². The van der Waals surface area contributed by atoms with Gasteiger partial charge in [0.2, 0.25) is 0 Å². The van der Waals surface area contributed by atoms with E-state index < -0.39 is 6.10 Å². The summed E-state index contributed by atoms with van der Waals surface area (Å²) in [6, 6.07) is 24.8. The lowest BCUT2D eigenvalue weighted by molar-refractivity contribution is 0.218. The summed E-state index contributed by atoms with van der Waals surface area (Å²) in [5.41, 5.74) is 4.05. The topological polar surface area (TPSA) is 45.6 Å². The zero-order valence-electron chi connectivity index (χ0n) is 16.7. The molecule has 0 saturated carbocycles. The highest BCUT2D eigenvalue weighted by atomic mass is 16.5. The van der Waals surface area contributed by atoms with Gasteiger partial charge in [0.1, 0.15) is 18.5 Å². The molecule has 1 aliphatic rings. The van der Waals surface area contributed by atoms with E-state index in [1.54, 1.807) is 12.4 Å². The van der Waals surface area contributed by atoms with E-state index in [9.17, 15) is 5.11 Å². The molecule has 0 radical (unpaired) electrons. The monoisotopic (exact) mass is 396 g/mol. The largest absolute Gasteiger partial charge is 0.492 e. The minimum atomic E-state index is -0.693. The van der Waals surface area contributed by atoms with E-state index in [1.807, 2.05) is 24.3 Å². The van der Waals surface area contributed by atoms with Gasteiger partial charge >= 0.3 is 0 Å². The molecule has 1 aromatic heterocycles. The first-order valence-electron chi connectivity index (χ1n) is 10.3. The molecule has 1 atom stereocenters. The number of aromatic nitrogens is 1. The first kappa shape index (κ1) is 18.8. The van der Waals surface area contributed by atoms with Crippen molar-refractivity contribution in [2.45, 2.75) is 19.2 Å². The molecule has 4 heteroatoms. The van der Waals surface area contributed by atoms with Crippen molar-refractivity contribution >= 4 is 10.8 Å². The normalized spacial score (nSPS) is 15.2. The third kappa shape index (κ3) is 3.92. The molecule has 2 heterocycles. The molecule has 0 unspecified atom stereocenters. The Balaban J connectivity index is 1.38. The summed E-state index contributed by atoms with van der Waals surface area (Å²) in [4.78, 5) is 6.52. The second kappa shape index (κ2) is 8.27. The standard InChI is InChI=1S/C26H24N2O2/c29-26(23-6-3-11-27-16-23)22-9-10-25-24(15-22)18-28(12-13-30-25)17-19-7-8-20-4-1-2-5-21(20)14-19/h1-11,14-16,26,29H,12-13,17-18H2/t26-/m0/s1. The summed E-state index contributed by atoms with van der Waals surface area (Å²) in [5, 5.41) is 13.3. The van der Waals surface area contributed by atoms with Gasteiger partial charge in [-0.2, -0.15) is 0 Å². The lowest BCUT2D eigenvalue weighted by Crippen LogP contribution is -2.25. The van der Waals surface area contributed by atoms with E-state index in [0.29, 0.717) is 6.61 Å². The van der Waals surface area contributed by atoms with Crippen LogP contribution in [0.4, 0.5) is 0 Å². The molecule has 0 saturated heterocycles. The van der Waals surface area contributed by atoms with Crippen molar-refractivity contribution in [3.05, 3.63) is 107 Å². The van der Waals surface area contributed by atoms with Crippen molar-refractivity contribution in [3.63, 3.8) is 0 Å².